The molecule has 0 amide bonds. The van der Waals surface area contributed by atoms with Crippen LogP contribution in [0.2, 0.25) is 5.02 Å². The molecule has 3 heterocycles. The van der Waals surface area contributed by atoms with Crippen molar-refractivity contribution in [2.45, 2.75) is 30.2 Å². The molecule has 7 nitrogen and oxygen atoms in total. The van der Waals surface area contributed by atoms with Crippen LogP contribution >= 0.6 is 46.0 Å². The quantitative estimate of drug-likeness (QED) is 0.210. The van der Waals surface area contributed by atoms with E-state index in [2.05, 4.69) is 46.9 Å². The van der Waals surface area contributed by atoms with Crippen LogP contribution in [0, 0.1) is 6.92 Å². The van der Waals surface area contributed by atoms with Gasteiger partial charge in [-0.1, -0.05) is 64.5 Å². The number of halogens is 1. The Morgan fingerprint density at radius 2 is 1.76 bits per heavy atom. The molecule has 3 aromatic carbocycles. The lowest BCUT2D eigenvalue weighted by molar-refractivity contribution is -0.642. The maximum Gasteiger partial charge on any atom is 0.271 e. The van der Waals surface area contributed by atoms with Crippen LogP contribution in [0.4, 0.5) is 5.69 Å². The first-order valence-corrected chi connectivity index (χ1v) is 16.8. The van der Waals surface area contributed by atoms with E-state index in [1.54, 1.807) is 46.6 Å². The highest BCUT2D eigenvalue weighted by atomic mass is 35.5. The van der Waals surface area contributed by atoms with Gasteiger partial charge in [0.05, 0.1) is 16.7 Å². The van der Waals surface area contributed by atoms with Gasteiger partial charge < -0.3 is 9.45 Å². The number of benzene rings is 3. The summed E-state index contributed by atoms with van der Waals surface area (Å²) in [6.45, 7) is 4.47. The van der Waals surface area contributed by atoms with Crippen LogP contribution in [0.25, 0.3) is 21.3 Å². The second-order valence-electron chi connectivity index (χ2n) is 9.28. The summed E-state index contributed by atoms with van der Waals surface area (Å²) in [6.07, 6.45) is 2.13. The van der Waals surface area contributed by atoms with Gasteiger partial charge in [-0.3, -0.25) is 9.36 Å². The van der Waals surface area contributed by atoms with E-state index in [0.717, 1.165) is 35.4 Å². The lowest BCUT2D eigenvalue weighted by Crippen LogP contribution is -2.34. The third kappa shape index (κ3) is 6.01. The van der Waals surface area contributed by atoms with Gasteiger partial charge in [0.1, 0.15) is 36.1 Å². The summed E-state index contributed by atoms with van der Waals surface area (Å²) >= 11 is 11.1. The van der Waals surface area contributed by atoms with Gasteiger partial charge in [-0.25, -0.2) is 8.42 Å². The minimum Gasteiger partial charge on any atom is -0.744 e. The molecule has 212 valence electrons. The topological polar surface area (TPSA) is 86.3 Å². The van der Waals surface area contributed by atoms with Gasteiger partial charge in [0.25, 0.3) is 10.6 Å². The Labute approximate surface area is 255 Å². The maximum atomic E-state index is 13.3. The van der Waals surface area contributed by atoms with Gasteiger partial charge in [-0.2, -0.15) is 4.57 Å². The molecule has 6 rings (SSSR count). The molecular formula is C29H26ClN3O4S4. The molecule has 12 heteroatoms. The maximum absolute atomic E-state index is 13.3. The van der Waals surface area contributed by atoms with Gasteiger partial charge in [-0.05, 0) is 50.2 Å². The number of thiazole rings is 2. The predicted molar refractivity (Wildman–Crippen MR) is 168 cm³/mol. The van der Waals surface area contributed by atoms with E-state index >= 15 is 0 Å². The Kier molecular flexibility index (Phi) is 8.47. The molecule has 0 saturated heterocycles. The van der Waals surface area contributed by atoms with Crippen LogP contribution in [0.5, 0.6) is 0 Å². The van der Waals surface area contributed by atoms with E-state index in [0.29, 0.717) is 11.6 Å². The molecule has 0 saturated carbocycles. The molecule has 41 heavy (non-hydrogen) atoms. The van der Waals surface area contributed by atoms with Crippen molar-refractivity contribution in [2.24, 2.45) is 7.05 Å². The van der Waals surface area contributed by atoms with Gasteiger partial charge >= 0.3 is 0 Å². The number of rotatable bonds is 3. The molecule has 1 aliphatic rings. The molecule has 0 bridgehead atoms. The number of anilines is 1. The van der Waals surface area contributed by atoms with E-state index in [1.165, 1.54) is 22.3 Å². The molecule has 5 aromatic rings. The van der Waals surface area contributed by atoms with Crippen molar-refractivity contribution in [1.29, 1.82) is 0 Å². The van der Waals surface area contributed by atoms with E-state index in [4.69, 9.17) is 11.6 Å². The Morgan fingerprint density at radius 1 is 1.05 bits per heavy atom. The van der Waals surface area contributed by atoms with E-state index in [1.807, 2.05) is 43.7 Å². The summed E-state index contributed by atoms with van der Waals surface area (Å²) in [5.74, 6) is 0. The smallest absolute Gasteiger partial charge is 0.271 e. The van der Waals surface area contributed by atoms with Crippen molar-refractivity contribution < 1.29 is 17.5 Å². The monoisotopic (exact) mass is 643 g/mol. The second-order valence-corrected chi connectivity index (χ2v) is 14.2. The van der Waals surface area contributed by atoms with Crippen LogP contribution in [0.1, 0.15) is 17.5 Å². The fourth-order valence-electron chi connectivity index (χ4n) is 4.34. The Hall–Kier alpha value is -2.93. The highest BCUT2D eigenvalue weighted by Gasteiger charge is 2.25. The lowest BCUT2D eigenvalue weighted by Gasteiger charge is -2.12. The van der Waals surface area contributed by atoms with Crippen LogP contribution in [-0.4, -0.2) is 24.6 Å². The van der Waals surface area contributed by atoms with Crippen molar-refractivity contribution in [2.75, 3.05) is 11.9 Å². The third-order valence-corrected chi connectivity index (χ3v) is 11.3. The SMILES string of the molecule is CCn1c(=Cc2sc3ccccc3[n+]2C)sc(=C2Sc3ccc(Cl)cc3N2C)c1=O.Cc1ccc(S(=O)(=O)[O-])cc1. The number of thioether (sulfide) groups is 1. The summed E-state index contributed by atoms with van der Waals surface area (Å²) in [4.78, 5) is 16.3. The first-order valence-electron chi connectivity index (χ1n) is 12.5. The predicted octanol–water partition coefficient (Wildman–Crippen LogP) is 4.66. The molecule has 0 atom stereocenters. The van der Waals surface area contributed by atoms with Crippen molar-refractivity contribution in [3.8, 4) is 0 Å². The zero-order valence-corrected chi connectivity index (χ0v) is 26.6. The highest BCUT2D eigenvalue weighted by molar-refractivity contribution is 8.08. The molecular weight excluding hydrogens is 618 g/mol. The largest absolute Gasteiger partial charge is 0.744 e. The molecule has 0 N–H and O–H groups in total. The summed E-state index contributed by atoms with van der Waals surface area (Å²) in [5, 5.41) is 2.79. The average molecular weight is 644 g/mol. The van der Waals surface area contributed by atoms with Gasteiger partial charge in [0.15, 0.2) is 0 Å². The van der Waals surface area contributed by atoms with Crippen molar-refractivity contribution in [3.05, 3.63) is 102 Å². The zero-order chi connectivity index (χ0) is 29.5. The molecule has 1 aliphatic heterocycles. The highest BCUT2D eigenvalue weighted by Crippen LogP contribution is 2.46. The Balaban J connectivity index is 0.000000259. The van der Waals surface area contributed by atoms with Gasteiger partial charge in [0, 0.05) is 29.6 Å². The second kappa shape index (κ2) is 11.7. The first-order chi connectivity index (χ1) is 19.5. The van der Waals surface area contributed by atoms with Crippen LogP contribution in [0.15, 0.2) is 81.3 Å². The fraction of sp³-hybridized carbons (Fsp3) is 0.172. The van der Waals surface area contributed by atoms with E-state index in [9.17, 15) is 17.8 Å². The molecule has 0 radical (unpaired) electrons. The minimum atomic E-state index is -4.27. The number of aryl methyl sites for hydroxylation is 2. The molecule has 0 spiro atoms. The molecule has 0 fully saturated rings. The minimum absolute atomic E-state index is 0.0609. The molecule has 2 aromatic heterocycles. The van der Waals surface area contributed by atoms with Gasteiger partial charge in [-0.15, -0.1) is 11.3 Å². The number of fused-ring (bicyclic) bond motifs is 2. The van der Waals surface area contributed by atoms with Crippen molar-refractivity contribution in [1.82, 2.24) is 4.57 Å². The third-order valence-electron chi connectivity index (χ3n) is 6.54. The normalized spacial score (nSPS) is 14.8. The summed E-state index contributed by atoms with van der Waals surface area (Å²) in [7, 11) is -0.202. The number of aromatic nitrogens is 2. The number of para-hydroxylation sites is 1. The van der Waals surface area contributed by atoms with E-state index in [-0.39, 0.29) is 10.5 Å². The lowest BCUT2D eigenvalue weighted by atomic mass is 10.2. The zero-order valence-electron chi connectivity index (χ0n) is 22.6. The Bertz CT molecular complexity index is 2060. The molecule has 0 aliphatic carbocycles. The van der Waals surface area contributed by atoms with Crippen LogP contribution < -0.4 is 24.2 Å². The number of hydrogen-bond acceptors (Lipinski definition) is 8. The average Bonchev–Trinajstić information content (AvgIpc) is 3.54. The van der Waals surface area contributed by atoms with Crippen LogP contribution in [0.3, 0.4) is 0 Å². The van der Waals surface area contributed by atoms with Crippen LogP contribution in [-0.2, 0) is 23.7 Å². The van der Waals surface area contributed by atoms with Gasteiger partial charge in [0.2, 0.25) is 5.52 Å². The van der Waals surface area contributed by atoms with Crippen molar-refractivity contribution in [3.63, 3.8) is 0 Å². The molecule has 0 unspecified atom stereocenters. The fourth-order valence-corrected chi connectivity index (χ4v) is 8.58. The summed E-state index contributed by atoms with van der Waals surface area (Å²) in [5.41, 5.74) is 3.23. The number of nitrogens with zero attached hydrogens (tertiary/aromatic N) is 3. The summed E-state index contributed by atoms with van der Waals surface area (Å²) < 4.78 is 38.2. The Morgan fingerprint density at radius 3 is 2.41 bits per heavy atom. The van der Waals surface area contributed by atoms with Crippen molar-refractivity contribution >= 4 is 83.2 Å². The van der Waals surface area contributed by atoms with E-state index < -0.39 is 10.1 Å². The standard InChI is InChI=1S/C22H19ClN3OS3.C7H8O3S/c1-4-26-19(12-18-24(2)14-7-5-6-8-16(14)28-18)30-20(21(26)27)22-25(3)15-11-13(23)9-10-17(15)29-22;1-6-2-4-7(5-3-6)11(8,9)10/h5-12H,4H2,1-3H3;2-5H,1H3,(H,8,9,10)/q+1;/p-1. The number of hydrogen-bond donors (Lipinski definition) is 0. The summed E-state index contributed by atoms with van der Waals surface area (Å²) in [6, 6.07) is 20.0. The first kappa shape index (κ1) is 29.6.